The number of hydrogen-bond donors (Lipinski definition) is 4. The Morgan fingerprint density at radius 3 is 2.22 bits per heavy atom. The number of hydrogen-bond acceptors (Lipinski definition) is 2. The zero-order valence-corrected chi connectivity index (χ0v) is 13.5. The third-order valence-electron chi connectivity index (χ3n) is 3.06. The molecule has 0 fully saturated rings. The molecule has 23 heavy (non-hydrogen) atoms. The fourth-order valence-electron chi connectivity index (χ4n) is 2.08. The molecule has 0 heterocycles. The molecule has 0 amide bonds. The molecule has 0 aromatic heterocycles. The maximum Gasteiger partial charge on any atom is 0.259 e. The molecule has 0 saturated heterocycles. The van der Waals surface area contributed by atoms with Gasteiger partial charge >= 0.3 is 0 Å². The van der Waals surface area contributed by atoms with Crippen molar-refractivity contribution >= 4 is 33.9 Å². The first kappa shape index (κ1) is 17.5. The molecular formula is C14H15FN2O4S2. The van der Waals surface area contributed by atoms with Crippen molar-refractivity contribution in [2.24, 2.45) is 0 Å². The summed E-state index contributed by atoms with van der Waals surface area (Å²) in [4.78, 5) is 0. The van der Waals surface area contributed by atoms with Gasteiger partial charge in [-0.1, -0.05) is 18.2 Å². The Kier molecular flexibility index (Phi) is 6.22. The highest BCUT2D eigenvalue weighted by Gasteiger charge is 2.06. The molecule has 2 unspecified atom stereocenters. The number of aryl methyl sites for hydroxylation is 2. The van der Waals surface area contributed by atoms with Crippen molar-refractivity contribution in [2.45, 2.75) is 12.8 Å². The Bertz CT molecular complexity index is 742. The van der Waals surface area contributed by atoms with E-state index >= 15 is 0 Å². The Labute approximate surface area is 138 Å². The minimum absolute atomic E-state index is 0.0329. The highest BCUT2D eigenvalue weighted by molar-refractivity contribution is 7.80. The predicted molar refractivity (Wildman–Crippen MR) is 89.0 cm³/mol. The number of anilines is 2. The molecule has 0 saturated carbocycles. The molecule has 0 aliphatic heterocycles. The van der Waals surface area contributed by atoms with E-state index in [1.54, 1.807) is 24.3 Å². The van der Waals surface area contributed by atoms with E-state index in [-0.39, 0.29) is 5.69 Å². The van der Waals surface area contributed by atoms with Crippen molar-refractivity contribution < 1.29 is 21.9 Å². The molecule has 2 aromatic carbocycles. The van der Waals surface area contributed by atoms with Gasteiger partial charge in [0.15, 0.2) is 0 Å². The van der Waals surface area contributed by atoms with Gasteiger partial charge < -0.3 is 0 Å². The van der Waals surface area contributed by atoms with Crippen LogP contribution in [-0.4, -0.2) is 17.5 Å². The lowest BCUT2D eigenvalue weighted by molar-refractivity contribution is 0.567. The van der Waals surface area contributed by atoms with Crippen molar-refractivity contribution in [1.29, 1.82) is 0 Å². The molecule has 0 spiro atoms. The van der Waals surface area contributed by atoms with Crippen molar-refractivity contribution in [1.82, 2.24) is 0 Å². The zero-order valence-electron chi connectivity index (χ0n) is 11.9. The summed E-state index contributed by atoms with van der Waals surface area (Å²) < 4.78 is 57.0. The fraction of sp³-hybridized carbons (Fsp3) is 0.143. The van der Waals surface area contributed by atoms with E-state index in [9.17, 15) is 12.8 Å². The molecule has 0 aliphatic rings. The summed E-state index contributed by atoms with van der Waals surface area (Å²) in [6.07, 6.45) is 1.21. The van der Waals surface area contributed by atoms with Gasteiger partial charge in [0.2, 0.25) is 0 Å². The Morgan fingerprint density at radius 2 is 1.57 bits per heavy atom. The second-order valence-corrected chi connectivity index (χ2v) is 6.12. The molecule has 2 atom stereocenters. The largest absolute Gasteiger partial charge is 0.289 e. The second kappa shape index (κ2) is 8.16. The van der Waals surface area contributed by atoms with Gasteiger partial charge in [-0.3, -0.25) is 18.5 Å². The molecule has 2 aromatic rings. The van der Waals surface area contributed by atoms with Gasteiger partial charge in [-0.25, -0.2) is 12.8 Å². The van der Waals surface area contributed by atoms with Crippen LogP contribution in [-0.2, 0) is 35.4 Å². The molecule has 9 heteroatoms. The van der Waals surface area contributed by atoms with Crippen LogP contribution in [0.5, 0.6) is 0 Å². The van der Waals surface area contributed by atoms with Crippen molar-refractivity contribution in [3.05, 3.63) is 59.4 Å². The highest BCUT2D eigenvalue weighted by Crippen LogP contribution is 2.19. The van der Waals surface area contributed by atoms with E-state index in [4.69, 9.17) is 9.11 Å². The van der Waals surface area contributed by atoms with Crippen molar-refractivity contribution in [2.75, 3.05) is 9.44 Å². The lowest BCUT2D eigenvalue weighted by atomic mass is 10.0. The van der Waals surface area contributed by atoms with Crippen LogP contribution in [0.15, 0.2) is 42.5 Å². The van der Waals surface area contributed by atoms with Gasteiger partial charge in [0.1, 0.15) is 5.82 Å². The van der Waals surface area contributed by atoms with Crippen LogP contribution in [0, 0.1) is 5.82 Å². The molecule has 4 N–H and O–H groups in total. The predicted octanol–water partition coefficient (Wildman–Crippen LogP) is 2.71. The lowest BCUT2D eigenvalue weighted by Crippen LogP contribution is -2.05. The van der Waals surface area contributed by atoms with Crippen LogP contribution in [0.3, 0.4) is 0 Å². The lowest BCUT2D eigenvalue weighted by Gasteiger charge is -2.08. The summed E-state index contributed by atoms with van der Waals surface area (Å²) in [6.45, 7) is 0. The summed E-state index contributed by atoms with van der Waals surface area (Å²) in [7, 11) is 0. The van der Waals surface area contributed by atoms with Crippen LogP contribution in [0.25, 0.3) is 0 Å². The summed E-state index contributed by atoms with van der Waals surface area (Å²) in [6, 6.07) is 11.4. The van der Waals surface area contributed by atoms with Gasteiger partial charge in [0, 0.05) is 5.69 Å². The fourth-order valence-corrected chi connectivity index (χ4v) is 2.75. The third kappa shape index (κ3) is 5.71. The average Bonchev–Trinajstić information content (AvgIpc) is 2.47. The highest BCUT2D eigenvalue weighted by atomic mass is 32.2. The standard InChI is InChI=1S/C14H15FN2O4S2/c15-13-7-6-11(9-14(13)17-23(20)21)5-4-10-2-1-3-12(8-10)16-22(18)19/h1-3,6-9,16-17H,4-5H2,(H,18,19)(H,20,21). The topological polar surface area (TPSA) is 98.7 Å². The van der Waals surface area contributed by atoms with Gasteiger partial charge in [-0.2, -0.15) is 0 Å². The number of benzene rings is 2. The van der Waals surface area contributed by atoms with Crippen molar-refractivity contribution in [3.63, 3.8) is 0 Å². The Balaban J connectivity index is 2.06. The van der Waals surface area contributed by atoms with E-state index in [1.165, 1.54) is 12.1 Å². The molecule has 6 nitrogen and oxygen atoms in total. The first-order valence-electron chi connectivity index (χ1n) is 6.56. The minimum atomic E-state index is -2.33. The number of nitrogens with one attached hydrogen (secondary N) is 2. The quantitative estimate of drug-likeness (QED) is 0.572. The normalized spacial score (nSPS) is 13.3. The molecule has 124 valence electrons. The Hall–Kier alpha value is -1.81. The second-order valence-electron chi connectivity index (χ2n) is 4.72. The first-order chi connectivity index (χ1) is 10.9. The third-order valence-corrected chi connectivity index (χ3v) is 3.87. The summed E-state index contributed by atoms with van der Waals surface area (Å²) in [5.41, 5.74) is 2.23. The van der Waals surface area contributed by atoms with E-state index in [0.717, 1.165) is 11.1 Å². The van der Waals surface area contributed by atoms with Crippen molar-refractivity contribution in [3.8, 4) is 0 Å². The Morgan fingerprint density at radius 1 is 0.913 bits per heavy atom. The first-order valence-corrected chi connectivity index (χ1v) is 8.78. The summed E-state index contributed by atoms with van der Waals surface area (Å²) >= 11 is -4.46. The van der Waals surface area contributed by atoms with E-state index < -0.39 is 28.4 Å². The van der Waals surface area contributed by atoms with Crippen LogP contribution in [0.4, 0.5) is 15.8 Å². The van der Waals surface area contributed by atoms with Gasteiger partial charge in [-0.15, -0.1) is 0 Å². The number of rotatable bonds is 7. The monoisotopic (exact) mass is 358 g/mol. The van der Waals surface area contributed by atoms with E-state index in [2.05, 4.69) is 9.44 Å². The van der Waals surface area contributed by atoms with Crippen LogP contribution < -0.4 is 9.44 Å². The SMILES string of the molecule is O=S(O)Nc1cccc(CCc2ccc(F)c(NS(=O)O)c2)c1. The molecule has 2 rings (SSSR count). The number of halogens is 1. The van der Waals surface area contributed by atoms with E-state index in [0.29, 0.717) is 18.5 Å². The van der Waals surface area contributed by atoms with Gasteiger partial charge in [-0.05, 0) is 48.2 Å². The van der Waals surface area contributed by atoms with Crippen LogP contribution in [0.1, 0.15) is 11.1 Å². The zero-order chi connectivity index (χ0) is 16.8. The van der Waals surface area contributed by atoms with Crippen LogP contribution >= 0.6 is 0 Å². The summed E-state index contributed by atoms with van der Waals surface area (Å²) in [5, 5.41) is 0. The average molecular weight is 358 g/mol. The molecule has 0 aliphatic carbocycles. The molecule has 0 radical (unpaired) electrons. The molecule has 0 bridgehead atoms. The van der Waals surface area contributed by atoms with Gasteiger partial charge in [0.25, 0.3) is 22.5 Å². The minimum Gasteiger partial charge on any atom is -0.289 e. The molecular weight excluding hydrogens is 343 g/mol. The maximum atomic E-state index is 13.5. The van der Waals surface area contributed by atoms with E-state index in [1.807, 2.05) is 6.07 Å². The smallest absolute Gasteiger partial charge is 0.259 e. The van der Waals surface area contributed by atoms with Crippen LogP contribution in [0.2, 0.25) is 0 Å². The maximum absolute atomic E-state index is 13.5. The summed E-state index contributed by atoms with van der Waals surface area (Å²) in [5.74, 6) is -0.604. The van der Waals surface area contributed by atoms with Gasteiger partial charge in [0.05, 0.1) is 5.69 Å².